The summed E-state index contributed by atoms with van der Waals surface area (Å²) in [5.74, 6) is -0.0424. The highest BCUT2D eigenvalue weighted by Crippen LogP contribution is 2.07. The Balaban J connectivity index is 2.72. The summed E-state index contributed by atoms with van der Waals surface area (Å²) < 4.78 is 20.7. The highest BCUT2D eigenvalue weighted by Gasteiger charge is 1.94. The van der Waals surface area contributed by atoms with Crippen molar-refractivity contribution in [3.05, 3.63) is 51.7 Å². The van der Waals surface area contributed by atoms with Crippen LogP contribution in [0.5, 0.6) is 0 Å². The normalized spacial score (nSPS) is 12.9. The van der Waals surface area contributed by atoms with Gasteiger partial charge in [0.05, 0.1) is 4.92 Å². The van der Waals surface area contributed by atoms with Crippen LogP contribution in [0.1, 0.15) is 11.1 Å². The lowest BCUT2D eigenvalue weighted by atomic mass is 10.1. The van der Waals surface area contributed by atoms with Gasteiger partial charge < -0.3 is 4.55 Å². The predicted molar refractivity (Wildman–Crippen MR) is 55.1 cm³/mol. The first kappa shape index (κ1) is 11.5. The second-order valence-corrected chi connectivity index (χ2v) is 3.69. The van der Waals surface area contributed by atoms with E-state index >= 15 is 0 Å². The van der Waals surface area contributed by atoms with Crippen molar-refractivity contribution in [3.63, 3.8) is 0 Å². The fourth-order valence-electron chi connectivity index (χ4n) is 1.01. The van der Waals surface area contributed by atoms with Crippen molar-refractivity contribution in [1.82, 2.24) is 0 Å². The topological polar surface area (TPSA) is 83.3 Å². The molecule has 0 aliphatic carbocycles. The van der Waals surface area contributed by atoms with Gasteiger partial charge in [-0.3, -0.25) is 14.3 Å². The highest BCUT2D eigenvalue weighted by molar-refractivity contribution is 7.78. The Bertz CT molecular complexity index is 399. The molecule has 15 heavy (non-hydrogen) atoms. The Morgan fingerprint density at radius 1 is 1.33 bits per heavy atom. The second-order valence-electron chi connectivity index (χ2n) is 2.79. The molecule has 1 unspecified atom stereocenters. The van der Waals surface area contributed by atoms with Crippen molar-refractivity contribution in [2.24, 2.45) is 0 Å². The van der Waals surface area contributed by atoms with E-state index < -0.39 is 16.0 Å². The predicted octanol–water partition coefficient (Wildman–Crippen LogP) is 1.31. The number of nitrogens with zero attached hydrogens (tertiary/aromatic N) is 1. The smallest absolute Gasteiger partial charge is 0.235 e. The lowest BCUT2D eigenvalue weighted by Gasteiger charge is -2.04. The average molecular weight is 226 g/mol. The monoisotopic (exact) mass is 226 g/mol. The van der Waals surface area contributed by atoms with Crippen LogP contribution in [-0.2, 0) is 16.8 Å². The molecule has 0 aromatic heterocycles. The van der Waals surface area contributed by atoms with E-state index in [-0.39, 0.29) is 5.75 Å². The van der Waals surface area contributed by atoms with Gasteiger partial charge in [-0.15, -0.1) is 0 Å². The number of hydrogen-bond donors (Lipinski definition) is 0. The van der Waals surface area contributed by atoms with E-state index in [1.807, 2.05) is 0 Å². The molecule has 80 valence electrons. The summed E-state index contributed by atoms with van der Waals surface area (Å²) in [5, 5.41) is 10.0. The molecule has 1 atom stereocenters. The molecule has 0 fully saturated rings. The molecule has 0 bridgehead atoms. The molecule has 0 amide bonds. The van der Waals surface area contributed by atoms with Crippen LogP contribution in [0.4, 0.5) is 0 Å². The number of rotatable bonds is 4. The first-order valence-corrected chi connectivity index (χ1v) is 5.29. The maximum absolute atomic E-state index is 10.4. The molecule has 0 saturated carbocycles. The molecule has 5 nitrogen and oxygen atoms in total. The van der Waals surface area contributed by atoms with Crippen LogP contribution in [0.3, 0.4) is 0 Å². The van der Waals surface area contributed by atoms with Gasteiger partial charge in [-0.1, -0.05) is 35.3 Å². The molecule has 0 aliphatic heterocycles. The summed E-state index contributed by atoms with van der Waals surface area (Å²) in [4.78, 5) is 9.47. The van der Waals surface area contributed by atoms with E-state index in [4.69, 9.17) is 0 Å². The lowest BCUT2D eigenvalue weighted by Crippen LogP contribution is -1.92. The SMILES string of the molecule is O=[N+]([O-])C=Cc1ccc(CS(=O)[O-])cc1. The minimum absolute atomic E-state index is 0.0424. The van der Waals surface area contributed by atoms with Crippen LogP contribution in [0, 0.1) is 10.1 Å². The fourth-order valence-corrected chi connectivity index (χ4v) is 1.47. The van der Waals surface area contributed by atoms with E-state index in [1.165, 1.54) is 6.08 Å². The minimum atomic E-state index is -2.11. The van der Waals surface area contributed by atoms with Crippen molar-refractivity contribution in [2.75, 3.05) is 0 Å². The van der Waals surface area contributed by atoms with E-state index in [9.17, 15) is 18.9 Å². The third-order valence-electron chi connectivity index (χ3n) is 1.65. The van der Waals surface area contributed by atoms with E-state index in [1.54, 1.807) is 24.3 Å². The largest absolute Gasteiger partial charge is 0.772 e. The fraction of sp³-hybridized carbons (Fsp3) is 0.111. The molecule has 6 heteroatoms. The summed E-state index contributed by atoms with van der Waals surface area (Å²) in [6.45, 7) is 0. The number of nitro groups is 1. The molecule has 0 heterocycles. The third-order valence-corrected chi connectivity index (χ3v) is 2.22. The average Bonchev–Trinajstić information content (AvgIpc) is 2.16. The van der Waals surface area contributed by atoms with Crippen molar-refractivity contribution >= 4 is 17.2 Å². The maximum Gasteiger partial charge on any atom is 0.235 e. The Hall–Kier alpha value is -1.53. The van der Waals surface area contributed by atoms with Gasteiger partial charge in [0.1, 0.15) is 0 Å². The molecule has 0 N–H and O–H groups in total. The van der Waals surface area contributed by atoms with Gasteiger partial charge in [-0.2, -0.15) is 0 Å². The molecule has 1 rings (SSSR count). The zero-order valence-corrected chi connectivity index (χ0v) is 8.48. The summed E-state index contributed by atoms with van der Waals surface area (Å²) in [6.07, 6.45) is 2.18. The highest BCUT2D eigenvalue weighted by atomic mass is 32.2. The number of hydrogen-bond acceptors (Lipinski definition) is 4. The standard InChI is InChI=1S/C9H9NO4S/c11-10(12)6-5-8-1-3-9(4-2-8)7-15(13)14/h1-6H,7H2,(H,13,14)/p-1. The van der Waals surface area contributed by atoms with Crippen molar-refractivity contribution < 1.29 is 13.7 Å². The quantitative estimate of drug-likeness (QED) is 0.440. The molecule has 0 aliphatic rings. The van der Waals surface area contributed by atoms with Gasteiger partial charge in [0.2, 0.25) is 6.20 Å². The van der Waals surface area contributed by atoms with Crippen LogP contribution in [0.25, 0.3) is 6.08 Å². The van der Waals surface area contributed by atoms with Crippen molar-refractivity contribution in [1.29, 1.82) is 0 Å². The second kappa shape index (κ2) is 5.38. The minimum Gasteiger partial charge on any atom is -0.772 e. The molecule has 0 saturated heterocycles. The van der Waals surface area contributed by atoms with Crippen molar-refractivity contribution in [3.8, 4) is 0 Å². The summed E-state index contributed by atoms with van der Waals surface area (Å²) in [5.41, 5.74) is 1.31. The van der Waals surface area contributed by atoms with E-state index in [0.29, 0.717) is 11.1 Å². The Labute approximate surface area is 88.9 Å². The molecular formula is C9H8NO4S-. The Morgan fingerprint density at radius 2 is 1.93 bits per heavy atom. The van der Waals surface area contributed by atoms with Gasteiger partial charge in [0, 0.05) is 11.8 Å². The first-order valence-electron chi connectivity index (χ1n) is 4.04. The third kappa shape index (κ3) is 4.48. The summed E-state index contributed by atoms with van der Waals surface area (Å²) in [7, 11) is 0. The van der Waals surface area contributed by atoms with Crippen LogP contribution in [0.2, 0.25) is 0 Å². The zero-order chi connectivity index (χ0) is 11.3. The van der Waals surface area contributed by atoms with Gasteiger partial charge in [0.25, 0.3) is 0 Å². The van der Waals surface area contributed by atoms with E-state index in [2.05, 4.69) is 0 Å². The van der Waals surface area contributed by atoms with Gasteiger partial charge in [-0.05, 0) is 11.1 Å². The Kier molecular flexibility index (Phi) is 4.14. The van der Waals surface area contributed by atoms with Gasteiger partial charge >= 0.3 is 0 Å². The molecule has 0 spiro atoms. The van der Waals surface area contributed by atoms with Crippen LogP contribution < -0.4 is 0 Å². The molecule has 1 aromatic rings. The number of benzene rings is 1. The molecule has 1 aromatic carbocycles. The molecule has 0 radical (unpaired) electrons. The van der Waals surface area contributed by atoms with E-state index in [0.717, 1.165) is 6.20 Å². The van der Waals surface area contributed by atoms with Crippen LogP contribution in [-0.4, -0.2) is 13.7 Å². The van der Waals surface area contributed by atoms with Crippen molar-refractivity contribution in [2.45, 2.75) is 5.75 Å². The Morgan fingerprint density at radius 3 is 2.40 bits per heavy atom. The summed E-state index contributed by atoms with van der Waals surface area (Å²) in [6, 6.07) is 6.50. The zero-order valence-electron chi connectivity index (χ0n) is 7.66. The van der Waals surface area contributed by atoms with Crippen LogP contribution in [0.15, 0.2) is 30.5 Å². The van der Waals surface area contributed by atoms with Gasteiger partial charge in [-0.25, -0.2) is 0 Å². The van der Waals surface area contributed by atoms with Crippen LogP contribution >= 0.6 is 0 Å². The van der Waals surface area contributed by atoms with Gasteiger partial charge in [0.15, 0.2) is 0 Å². The lowest BCUT2D eigenvalue weighted by molar-refractivity contribution is -0.400. The maximum atomic E-state index is 10.4. The molecular weight excluding hydrogens is 218 g/mol. The summed E-state index contributed by atoms with van der Waals surface area (Å²) >= 11 is -2.11. The first-order chi connectivity index (χ1) is 7.08.